The Morgan fingerprint density at radius 2 is 1.98 bits per heavy atom. The molecule has 2 aromatic heterocycles. The third-order valence-electron chi connectivity index (χ3n) is 9.15. The molecule has 2 atom stereocenters. The maximum atomic E-state index is 13.0. The van der Waals surface area contributed by atoms with Gasteiger partial charge in [-0.25, -0.2) is 15.0 Å². The summed E-state index contributed by atoms with van der Waals surface area (Å²) >= 11 is 0. The Morgan fingerprint density at radius 3 is 2.78 bits per heavy atom. The van der Waals surface area contributed by atoms with Crippen LogP contribution in [0.2, 0.25) is 0 Å². The number of nitrogens with zero attached hydrogens (tertiary/aromatic N) is 3. The minimum atomic E-state index is 0.0958. The van der Waals surface area contributed by atoms with E-state index >= 15 is 0 Å². The molecule has 8 heteroatoms. The summed E-state index contributed by atoms with van der Waals surface area (Å²) in [5.74, 6) is 2.43. The van der Waals surface area contributed by atoms with E-state index in [0.717, 1.165) is 65.0 Å². The highest BCUT2D eigenvalue weighted by atomic mass is 16.5. The average Bonchev–Trinajstić information content (AvgIpc) is 3.70. The minimum absolute atomic E-state index is 0.0958. The van der Waals surface area contributed by atoms with Gasteiger partial charge in [0.05, 0.1) is 11.3 Å². The Balaban J connectivity index is 1.14. The number of carbonyl (C=O) groups is 1. The highest BCUT2D eigenvalue weighted by Crippen LogP contribution is 2.66. The molecule has 1 amide bonds. The van der Waals surface area contributed by atoms with Crippen molar-refractivity contribution in [2.24, 2.45) is 11.3 Å². The lowest BCUT2D eigenvalue weighted by atomic mass is 9.79. The average molecular weight is 549 g/mol. The normalized spacial score (nSPS) is 20.8. The molecule has 1 saturated heterocycles. The quantitative estimate of drug-likeness (QED) is 0.232. The molecule has 0 bridgehead atoms. The number of ether oxygens (including phenoxy) is 1. The summed E-state index contributed by atoms with van der Waals surface area (Å²) in [5.41, 5.74) is 3.81. The van der Waals surface area contributed by atoms with Crippen LogP contribution in [0, 0.1) is 18.3 Å². The fraction of sp³-hybridized carbons (Fsp3) is 0.394. The Kier molecular flexibility index (Phi) is 6.79. The first-order chi connectivity index (χ1) is 20.1. The van der Waals surface area contributed by atoms with Gasteiger partial charge in [-0.3, -0.25) is 4.79 Å². The Hall–Kier alpha value is -4.04. The van der Waals surface area contributed by atoms with Crippen molar-refractivity contribution < 1.29 is 9.53 Å². The number of hydrogen-bond acceptors (Lipinski definition) is 7. The van der Waals surface area contributed by atoms with Crippen molar-refractivity contribution in [1.29, 1.82) is 0 Å². The van der Waals surface area contributed by atoms with Crippen LogP contribution in [-0.2, 0) is 4.79 Å². The van der Waals surface area contributed by atoms with E-state index in [1.54, 1.807) is 12.4 Å². The molecule has 8 nitrogen and oxygen atoms in total. The van der Waals surface area contributed by atoms with Crippen molar-refractivity contribution in [3.05, 3.63) is 66.5 Å². The van der Waals surface area contributed by atoms with Gasteiger partial charge in [-0.1, -0.05) is 30.7 Å². The summed E-state index contributed by atoms with van der Waals surface area (Å²) in [6.45, 7) is 3.98. The molecule has 41 heavy (non-hydrogen) atoms. The van der Waals surface area contributed by atoms with Crippen molar-refractivity contribution in [2.75, 3.05) is 23.7 Å². The van der Waals surface area contributed by atoms with Crippen molar-refractivity contribution in [3.8, 4) is 22.9 Å². The van der Waals surface area contributed by atoms with Gasteiger partial charge in [-0.05, 0) is 86.7 Å². The maximum absolute atomic E-state index is 13.0. The van der Waals surface area contributed by atoms with Crippen LogP contribution in [0.5, 0.6) is 11.6 Å². The van der Waals surface area contributed by atoms with Crippen LogP contribution in [0.4, 0.5) is 11.6 Å². The number of piperidine rings is 1. The van der Waals surface area contributed by atoms with E-state index in [4.69, 9.17) is 9.72 Å². The van der Waals surface area contributed by atoms with Gasteiger partial charge in [0, 0.05) is 47.9 Å². The van der Waals surface area contributed by atoms with Crippen LogP contribution >= 0.6 is 0 Å². The van der Waals surface area contributed by atoms with E-state index in [2.05, 4.69) is 32.0 Å². The third-order valence-corrected chi connectivity index (χ3v) is 9.15. The van der Waals surface area contributed by atoms with Gasteiger partial charge in [0.15, 0.2) is 0 Å². The smallest absolute Gasteiger partial charge is 0.228 e. The summed E-state index contributed by atoms with van der Waals surface area (Å²) in [7, 11) is 0. The van der Waals surface area contributed by atoms with Crippen LogP contribution in [0.3, 0.4) is 0 Å². The standard InChI is InChI=1S/C33H36N6O2/c1-21-10-11-24-25(7-2-9-27(24)38-29(40)18-22-19-33(22)13-5-14-33)30(21)41-31-26(8-4-16-35-31)28-12-17-36-32(39-28)37-23-6-3-15-34-20-23/h2,4,7-12,16-17,22-23,34H,3,5-6,13-15,18-20H2,1H3,(H,38,40)(H,36,37,39)/t22-,23-/m0/s1. The molecule has 3 N–H and O–H groups in total. The molecular formula is C33H36N6O2. The van der Waals surface area contributed by atoms with Crippen molar-refractivity contribution in [1.82, 2.24) is 20.3 Å². The molecule has 3 fully saturated rings. The van der Waals surface area contributed by atoms with E-state index in [-0.39, 0.29) is 5.91 Å². The SMILES string of the molecule is Cc1ccc2c(NC(=O)C[C@H]3CC34CCC4)cccc2c1Oc1ncccc1-c1ccnc(N[C@H]2CCCNC2)n1. The first-order valence-electron chi connectivity index (χ1n) is 14.8. The van der Waals surface area contributed by atoms with Gasteiger partial charge in [0.1, 0.15) is 5.75 Å². The third kappa shape index (κ3) is 5.24. The Morgan fingerprint density at radius 1 is 1.05 bits per heavy atom. The second-order valence-corrected chi connectivity index (χ2v) is 11.9. The lowest BCUT2D eigenvalue weighted by Crippen LogP contribution is -2.38. The molecule has 4 aromatic rings. The van der Waals surface area contributed by atoms with E-state index in [1.807, 2.05) is 49.4 Å². The number of aryl methyl sites for hydroxylation is 1. The van der Waals surface area contributed by atoms with Crippen molar-refractivity contribution >= 4 is 28.3 Å². The zero-order valence-corrected chi connectivity index (χ0v) is 23.5. The van der Waals surface area contributed by atoms with Crippen LogP contribution < -0.4 is 20.7 Å². The van der Waals surface area contributed by atoms with E-state index < -0.39 is 0 Å². The topological polar surface area (TPSA) is 101 Å². The fourth-order valence-electron chi connectivity index (χ4n) is 6.57. The number of hydrogen-bond donors (Lipinski definition) is 3. The van der Waals surface area contributed by atoms with Crippen molar-refractivity contribution in [2.45, 2.75) is 57.9 Å². The monoisotopic (exact) mass is 548 g/mol. The lowest BCUT2D eigenvalue weighted by Gasteiger charge is -2.26. The molecule has 0 radical (unpaired) electrons. The van der Waals surface area contributed by atoms with Crippen LogP contribution in [0.1, 0.15) is 50.5 Å². The molecule has 7 rings (SSSR count). The molecular weight excluding hydrogens is 512 g/mol. The molecule has 2 aliphatic carbocycles. The van der Waals surface area contributed by atoms with Gasteiger partial charge in [-0.15, -0.1) is 0 Å². The Bertz CT molecular complexity index is 1590. The van der Waals surface area contributed by atoms with Crippen LogP contribution in [-0.4, -0.2) is 40.0 Å². The number of amides is 1. The first-order valence-corrected chi connectivity index (χ1v) is 14.8. The molecule has 0 unspecified atom stereocenters. The molecule has 2 aromatic carbocycles. The molecule has 1 aliphatic heterocycles. The van der Waals surface area contributed by atoms with E-state index in [1.165, 1.54) is 25.7 Å². The van der Waals surface area contributed by atoms with Gasteiger partial charge in [0.25, 0.3) is 0 Å². The fourth-order valence-corrected chi connectivity index (χ4v) is 6.57. The molecule has 1 spiro atoms. The van der Waals surface area contributed by atoms with Gasteiger partial charge < -0.3 is 20.7 Å². The molecule has 210 valence electrons. The van der Waals surface area contributed by atoms with E-state index in [9.17, 15) is 4.79 Å². The number of aromatic nitrogens is 3. The number of nitrogens with one attached hydrogen (secondary N) is 3. The zero-order chi connectivity index (χ0) is 27.8. The number of carbonyl (C=O) groups excluding carboxylic acids is 1. The summed E-state index contributed by atoms with van der Waals surface area (Å²) in [6, 6.07) is 16.1. The number of rotatable bonds is 8. The largest absolute Gasteiger partial charge is 0.437 e. The van der Waals surface area contributed by atoms with Gasteiger partial charge >= 0.3 is 0 Å². The molecule has 3 heterocycles. The zero-order valence-electron chi connectivity index (χ0n) is 23.5. The summed E-state index contributed by atoms with van der Waals surface area (Å²) in [4.78, 5) is 26.8. The summed E-state index contributed by atoms with van der Waals surface area (Å²) < 4.78 is 6.57. The van der Waals surface area contributed by atoms with Crippen LogP contribution in [0.25, 0.3) is 22.0 Å². The highest BCUT2D eigenvalue weighted by molar-refractivity contribution is 6.04. The second kappa shape index (κ2) is 10.7. The van der Waals surface area contributed by atoms with E-state index in [0.29, 0.717) is 35.6 Å². The van der Waals surface area contributed by atoms with Crippen molar-refractivity contribution in [3.63, 3.8) is 0 Å². The maximum Gasteiger partial charge on any atom is 0.228 e. The molecule has 2 saturated carbocycles. The summed E-state index contributed by atoms with van der Waals surface area (Å²) in [6.07, 6.45) is 11.4. The Labute approximate surface area is 240 Å². The number of anilines is 2. The first kappa shape index (κ1) is 25.9. The number of pyridine rings is 1. The number of fused-ring (bicyclic) bond motifs is 1. The van der Waals surface area contributed by atoms with Gasteiger partial charge in [0.2, 0.25) is 17.7 Å². The lowest BCUT2D eigenvalue weighted by molar-refractivity contribution is -0.116. The highest BCUT2D eigenvalue weighted by Gasteiger charge is 2.57. The number of benzene rings is 2. The predicted molar refractivity (Wildman–Crippen MR) is 161 cm³/mol. The second-order valence-electron chi connectivity index (χ2n) is 11.9. The molecule has 3 aliphatic rings. The minimum Gasteiger partial charge on any atom is -0.437 e. The summed E-state index contributed by atoms with van der Waals surface area (Å²) in [5, 5.41) is 11.9. The van der Waals surface area contributed by atoms with Crippen LogP contribution in [0.15, 0.2) is 60.9 Å². The van der Waals surface area contributed by atoms with Gasteiger partial charge in [-0.2, -0.15) is 0 Å². The predicted octanol–water partition coefficient (Wildman–Crippen LogP) is 6.48.